The number of thioether (sulfide) groups is 1. The predicted molar refractivity (Wildman–Crippen MR) is 109 cm³/mol. The van der Waals surface area contributed by atoms with Crippen LogP contribution in [0, 0.1) is 6.92 Å². The van der Waals surface area contributed by atoms with Crippen molar-refractivity contribution in [2.45, 2.75) is 17.8 Å². The van der Waals surface area contributed by atoms with Gasteiger partial charge in [0.15, 0.2) is 16.7 Å². The van der Waals surface area contributed by atoms with Gasteiger partial charge in [0, 0.05) is 14.1 Å². The molecule has 0 N–H and O–H groups in total. The summed E-state index contributed by atoms with van der Waals surface area (Å²) in [7, 11) is 3.60. The Morgan fingerprint density at radius 2 is 1.93 bits per heavy atom. The van der Waals surface area contributed by atoms with Crippen molar-refractivity contribution < 1.29 is 4.42 Å². The lowest BCUT2D eigenvalue weighted by atomic mass is 10.1. The summed E-state index contributed by atoms with van der Waals surface area (Å²) >= 11 is 1.50. The fraction of sp³-hybridized carbons (Fsp3) is 0.211. The summed E-state index contributed by atoms with van der Waals surface area (Å²) < 4.78 is 10.7. The van der Waals surface area contributed by atoms with E-state index in [1.807, 2.05) is 53.3 Å². The van der Waals surface area contributed by atoms with Gasteiger partial charge in [0.25, 0.3) is 5.56 Å². The number of furan rings is 1. The lowest BCUT2D eigenvalue weighted by Crippen LogP contribution is -2.20. The Hall–Kier alpha value is -3.40. The quantitative estimate of drug-likeness (QED) is 0.423. The maximum atomic E-state index is 12.7. The second kappa shape index (κ2) is 6.59. The van der Waals surface area contributed by atoms with Gasteiger partial charge < -0.3 is 8.98 Å². The summed E-state index contributed by atoms with van der Waals surface area (Å²) in [6.07, 6.45) is 1.61. The summed E-state index contributed by atoms with van der Waals surface area (Å²) in [5.41, 5.74) is 1.74. The van der Waals surface area contributed by atoms with Crippen LogP contribution in [0.1, 0.15) is 11.4 Å². The molecule has 0 unspecified atom stereocenters. The number of rotatable bonds is 4. The molecular formula is C19H17N7O2S. The molecule has 4 heterocycles. The van der Waals surface area contributed by atoms with E-state index in [9.17, 15) is 4.79 Å². The van der Waals surface area contributed by atoms with Crippen molar-refractivity contribution in [2.75, 3.05) is 0 Å². The van der Waals surface area contributed by atoms with Crippen LogP contribution in [-0.4, -0.2) is 33.9 Å². The number of nitrogens with zero attached hydrogens (tertiary/aromatic N) is 7. The summed E-state index contributed by atoms with van der Waals surface area (Å²) in [5.74, 6) is 3.09. The summed E-state index contributed by atoms with van der Waals surface area (Å²) in [5, 5.41) is 18.4. The second-order valence-corrected chi connectivity index (χ2v) is 7.71. The molecule has 4 aromatic heterocycles. The highest BCUT2D eigenvalue weighted by molar-refractivity contribution is 7.98. The van der Waals surface area contributed by atoms with E-state index in [0.29, 0.717) is 28.5 Å². The Morgan fingerprint density at radius 1 is 1.07 bits per heavy atom. The van der Waals surface area contributed by atoms with Gasteiger partial charge in [0.2, 0.25) is 5.78 Å². The third-order valence-corrected chi connectivity index (χ3v) is 5.86. The van der Waals surface area contributed by atoms with Gasteiger partial charge in [-0.25, -0.2) is 0 Å². The molecule has 0 saturated carbocycles. The molecule has 146 valence electrons. The van der Waals surface area contributed by atoms with E-state index in [4.69, 9.17) is 4.42 Å². The molecule has 0 aliphatic heterocycles. The summed E-state index contributed by atoms with van der Waals surface area (Å²) in [6.45, 7) is 1.97. The zero-order valence-corrected chi connectivity index (χ0v) is 16.8. The van der Waals surface area contributed by atoms with Crippen LogP contribution in [0.25, 0.3) is 28.3 Å². The highest BCUT2D eigenvalue weighted by Gasteiger charge is 2.17. The topological polar surface area (TPSA) is 96.0 Å². The van der Waals surface area contributed by atoms with Crippen LogP contribution in [0.5, 0.6) is 0 Å². The minimum Gasteiger partial charge on any atom is -0.461 e. The molecule has 1 aromatic carbocycles. The average Bonchev–Trinajstić information content (AvgIpc) is 3.44. The van der Waals surface area contributed by atoms with Crippen molar-refractivity contribution in [1.82, 2.24) is 33.9 Å². The van der Waals surface area contributed by atoms with E-state index >= 15 is 0 Å². The number of aryl methyl sites for hydroxylation is 2. The number of aromatic nitrogens is 7. The van der Waals surface area contributed by atoms with E-state index in [-0.39, 0.29) is 5.56 Å². The van der Waals surface area contributed by atoms with Crippen LogP contribution in [0.4, 0.5) is 0 Å². The van der Waals surface area contributed by atoms with Crippen molar-refractivity contribution in [3.8, 4) is 11.6 Å². The zero-order chi connectivity index (χ0) is 20.1. The monoisotopic (exact) mass is 407 g/mol. The van der Waals surface area contributed by atoms with Crippen LogP contribution in [0.15, 0.2) is 51.0 Å². The van der Waals surface area contributed by atoms with E-state index in [2.05, 4.69) is 20.4 Å². The molecule has 5 rings (SSSR count). The molecule has 0 bridgehead atoms. The molecule has 0 aliphatic carbocycles. The molecule has 0 amide bonds. The SMILES string of the molecule is Cc1ccc2c(c1)c(=O)n(C)c1nnc(CSc3nnc(-c4ccco4)n3C)n21. The number of benzene rings is 1. The Bertz CT molecular complexity index is 1410. The fourth-order valence-electron chi connectivity index (χ4n) is 3.34. The summed E-state index contributed by atoms with van der Waals surface area (Å²) in [4.78, 5) is 12.7. The highest BCUT2D eigenvalue weighted by atomic mass is 32.2. The van der Waals surface area contributed by atoms with Gasteiger partial charge in [-0.1, -0.05) is 23.4 Å². The van der Waals surface area contributed by atoms with Crippen molar-refractivity contribution in [3.63, 3.8) is 0 Å². The molecule has 5 aromatic rings. The van der Waals surface area contributed by atoms with Crippen LogP contribution in [0.2, 0.25) is 0 Å². The van der Waals surface area contributed by atoms with Gasteiger partial charge in [-0.05, 0) is 31.2 Å². The minimum atomic E-state index is -0.0841. The fourth-order valence-corrected chi connectivity index (χ4v) is 4.17. The Balaban J connectivity index is 1.55. The normalized spacial score (nSPS) is 11.7. The van der Waals surface area contributed by atoms with Crippen molar-refractivity contribution in [1.29, 1.82) is 0 Å². The minimum absolute atomic E-state index is 0.0841. The molecular weight excluding hydrogens is 390 g/mol. The molecule has 0 spiro atoms. The maximum absolute atomic E-state index is 12.7. The van der Waals surface area contributed by atoms with Gasteiger partial charge in [0.05, 0.1) is 22.9 Å². The lowest BCUT2D eigenvalue weighted by Gasteiger charge is -2.08. The molecule has 0 saturated heterocycles. The molecule has 0 radical (unpaired) electrons. The van der Waals surface area contributed by atoms with Gasteiger partial charge in [0.1, 0.15) is 5.82 Å². The van der Waals surface area contributed by atoms with E-state index in [0.717, 1.165) is 22.1 Å². The molecule has 0 fully saturated rings. The smallest absolute Gasteiger partial charge is 0.262 e. The van der Waals surface area contributed by atoms with Gasteiger partial charge in [-0.2, -0.15) is 0 Å². The zero-order valence-electron chi connectivity index (χ0n) is 16.0. The van der Waals surface area contributed by atoms with E-state index in [1.165, 1.54) is 16.3 Å². The van der Waals surface area contributed by atoms with Gasteiger partial charge >= 0.3 is 0 Å². The second-order valence-electron chi connectivity index (χ2n) is 6.77. The highest BCUT2D eigenvalue weighted by Crippen LogP contribution is 2.26. The number of hydrogen-bond acceptors (Lipinski definition) is 7. The molecule has 10 heteroatoms. The lowest BCUT2D eigenvalue weighted by molar-refractivity contribution is 0.572. The molecule has 0 aliphatic rings. The largest absolute Gasteiger partial charge is 0.461 e. The van der Waals surface area contributed by atoms with Crippen LogP contribution < -0.4 is 5.56 Å². The Labute approximate surface area is 169 Å². The third kappa shape index (κ3) is 2.75. The predicted octanol–water partition coefficient (Wildman–Crippen LogP) is 2.57. The maximum Gasteiger partial charge on any atom is 0.262 e. The number of fused-ring (bicyclic) bond motifs is 3. The van der Waals surface area contributed by atoms with E-state index in [1.54, 1.807) is 13.3 Å². The first-order valence-electron chi connectivity index (χ1n) is 8.94. The van der Waals surface area contributed by atoms with Crippen LogP contribution in [-0.2, 0) is 19.8 Å². The molecule has 9 nitrogen and oxygen atoms in total. The van der Waals surface area contributed by atoms with Gasteiger partial charge in [-0.15, -0.1) is 20.4 Å². The molecule has 29 heavy (non-hydrogen) atoms. The van der Waals surface area contributed by atoms with Crippen molar-refractivity contribution in [3.05, 3.63) is 58.3 Å². The van der Waals surface area contributed by atoms with Crippen LogP contribution >= 0.6 is 11.8 Å². The van der Waals surface area contributed by atoms with E-state index < -0.39 is 0 Å². The first-order valence-corrected chi connectivity index (χ1v) is 9.92. The standard InChI is InChI=1S/C19H17N7O2S/c1-11-6-7-13-12(9-11)17(27)25(3)18-22-20-15(26(13)18)10-29-19-23-21-16(24(19)2)14-5-4-8-28-14/h4-9H,10H2,1-3H3. The average molecular weight is 407 g/mol. The Morgan fingerprint density at radius 3 is 2.72 bits per heavy atom. The first-order chi connectivity index (χ1) is 14.0. The van der Waals surface area contributed by atoms with Gasteiger partial charge in [-0.3, -0.25) is 13.8 Å². The Kier molecular flexibility index (Phi) is 4.02. The van der Waals surface area contributed by atoms with Crippen molar-refractivity contribution >= 4 is 28.4 Å². The van der Waals surface area contributed by atoms with Crippen LogP contribution in [0.3, 0.4) is 0 Å². The first kappa shape index (κ1) is 17.7. The van der Waals surface area contributed by atoms with Crippen molar-refractivity contribution in [2.24, 2.45) is 14.1 Å². The summed E-state index contributed by atoms with van der Waals surface area (Å²) in [6, 6.07) is 9.48. The molecule has 0 atom stereocenters. The number of hydrogen-bond donors (Lipinski definition) is 0. The third-order valence-electron chi connectivity index (χ3n) is 4.85.